The Kier molecular flexibility index (Phi) is 6.22. The highest BCUT2D eigenvalue weighted by Crippen LogP contribution is 2.32. The second-order valence-corrected chi connectivity index (χ2v) is 10.1. The smallest absolute Gasteiger partial charge is 0.317 e. The molecule has 0 aliphatic carbocycles. The van der Waals surface area contributed by atoms with Crippen molar-refractivity contribution in [2.75, 3.05) is 19.6 Å². The summed E-state index contributed by atoms with van der Waals surface area (Å²) in [6.45, 7) is 5.41. The third-order valence-electron chi connectivity index (χ3n) is 5.12. The average Bonchev–Trinajstić information content (AvgIpc) is 3.18. The highest BCUT2D eigenvalue weighted by atomic mass is 32.2. The van der Waals surface area contributed by atoms with Crippen LogP contribution in [0.1, 0.15) is 40.5 Å². The standard InChI is InChI=1S/C20H26N2O3S2/c1-15-8-9-17(13-16(15)2)27(24,25)19(18-7-6-12-26-18)14-21-20(23)22-10-4-3-5-11-22/h6-9,12-13,19H,3-5,10-11,14H2,1-2H3,(H,21,23)/t19-/m1/s1. The first-order valence-corrected chi connectivity index (χ1v) is 11.7. The molecule has 0 spiro atoms. The van der Waals surface area contributed by atoms with E-state index in [9.17, 15) is 13.2 Å². The molecular formula is C20H26N2O3S2. The van der Waals surface area contributed by atoms with Crippen LogP contribution >= 0.6 is 11.3 Å². The van der Waals surface area contributed by atoms with Gasteiger partial charge in [-0.05, 0) is 67.8 Å². The maximum Gasteiger partial charge on any atom is 0.317 e. The number of rotatable bonds is 5. The van der Waals surface area contributed by atoms with E-state index in [1.165, 1.54) is 11.3 Å². The summed E-state index contributed by atoms with van der Waals surface area (Å²) in [6.07, 6.45) is 3.15. The number of sulfone groups is 1. The van der Waals surface area contributed by atoms with Crippen LogP contribution < -0.4 is 5.32 Å². The van der Waals surface area contributed by atoms with E-state index in [1.807, 2.05) is 37.4 Å². The highest BCUT2D eigenvalue weighted by molar-refractivity contribution is 7.91. The highest BCUT2D eigenvalue weighted by Gasteiger charge is 2.31. The summed E-state index contributed by atoms with van der Waals surface area (Å²) in [5.41, 5.74) is 2.00. The van der Waals surface area contributed by atoms with Gasteiger partial charge in [-0.25, -0.2) is 13.2 Å². The maximum absolute atomic E-state index is 13.3. The van der Waals surface area contributed by atoms with Gasteiger partial charge >= 0.3 is 6.03 Å². The van der Waals surface area contributed by atoms with E-state index in [0.717, 1.165) is 48.4 Å². The Balaban J connectivity index is 1.83. The van der Waals surface area contributed by atoms with Gasteiger partial charge in [-0.15, -0.1) is 11.3 Å². The number of aryl methyl sites for hydroxylation is 2. The van der Waals surface area contributed by atoms with Crippen molar-refractivity contribution in [3.63, 3.8) is 0 Å². The number of nitrogens with one attached hydrogen (secondary N) is 1. The van der Waals surface area contributed by atoms with Crippen LogP contribution in [0.15, 0.2) is 40.6 Å². The molecule has 2 aromatic rings. The van der Waals surface area contributed by atoms with Crippen LogP contribution in [-0.4, -0.2) is 39.0 Å². The number of piperidine rings is 1. The minimum Gasteiger partial charge on any atom is -0.336 e. The van der Waals surface area contributed by atoms with Gasteiger partial charge in [0.05, 0.1) is 4.90 Å². The van der Waals surface area contributed by atoms with Crippen molar-refractivity contribution in [1.29, 1.82) is 0 Å². The van der Waals surface area contributed by atoms with E-state index in [4.69, 9.17) is 0 Å². The number of carbonyl (C=O) groups excluding carboxylic acids is 1. The minimum absolute atomic E-state index is 0.0745. The second-order valence-electron chi connectivity index (χ2n) is 7.03. The van der Waals surface area contributed by atoms with Crippen LogP contribution in [0.3, 0.4) is 0 Å². The van der Waals surface area contributed by atoms with Gasteiger partial charge in [0.2, 0.25) is 0 Å². The van der Waals surface area contributed by atoms with Gasteiger partial charge in [-0.3, -0.25) is 0 Å². The summed E-state index contributed by atoms with van der Waals surface area (Å²) >= 11 is 1.40. The van der Waals surface area contributed by atoms with Gasteiger partial charge < -0.3 is 10.2 Å². The molecular weight excluding hydrogens is 380 g/mol. The number of hydrogen-bond acceptors (Lipinski definition) is 4. The van der Waals surface area contributed by atoms with Crippen molar-refractivity contribution in [3.8, 4) is 0 Å². The largest absolute Gasteiger partial charge is 0.336 e. The molecule has 1 aliphatic heterocycles. The summed E-state index contributed by atoms with van der Waals surface area (Å²) in [5.74, 6) is 0. The van der Waals surface area contributed by atoms with Crippen molar-refractivity contribution in [1.82, 2.24) is 10.2 Å². The molecule has 2 amide bonds. The number of thiophene rings is 1. The van der Waals surface area contributed by atoms with E-state index in [2.05, 4.69) is 5.32 Å². The molecule has 1 fully saturated rings. The lowest BCUT2D eigenvalue weighted by molar-refractivity contribution is 0.186. The van der Waals surface area contributed by atoms with Crippen molar-refractivity contribution < 1.29 is 13.2 Å². The molecule has 146 valence electrons. The summed E-state index contributed by atoms with van der Waals surface area (Å²) in [4.78, 5) is 15.3. The van der Waals surface area contributed by atoms with Crippen LogP contribution in [0, 0.1) is 13.8 Å². The van der Waals surface area contributed by atoms with Crippen molar-refractivity contribution in [3.05, 3.63) is 51.7 Å². The van der Waals surface area contributed by atoms with E-state index in [0.29, 0.717) is 4.90 Å². The molecule has 5 nitrogen and oxygen atoms in total. The minimum atomic E-state index is -3.61. The molecule has 0 saturated carbocycles. The molecule has 1 aliphatic rings. The number of urea groups is 1. The predicted molar refractivity (Wildman–Crippen MR) is 109 cm³/mol. The first-order valence-electron chi connectivity index (χ1n) is 9.27. The molecule has 27 heavy (non-hydrogen) atoms. The zero-order valence-electron chi connectivity index (χ0n) is 15.8. The normalized spacial score (nSPS) is 16.1. The second kappa shape index (κ2) is 8.44. The Hall–Kier alpha value is -1.86. The summed E-state index contributed by atoms with van der Waals surface area (Å²) in [7, 11) is -3.61. The molecule has 0 bridgehead atoms. The SMILES string of the molecule is Cc1ccc(S(=O)(=O)[C@H](CNC(=O)N2CCCCC2)c2cccs2)cc1C. The maximum atomic E-state index is 13.3. The molecule has 1 aromatic heterocycles. The lowest BCUT2D eigenvalue weighted by Crippen LogP contribution is -2.44. The van der Waals surface area contributed by atoms with Gasteiger partial charge in [-0.2, -0.15) is 0 Å². The zero-order valence-corrected chi connectivity index (χ0v) is 17.4. The Labute approximate surface area is 165 Å². The quantitative estimate of drug-likeness (QED) is 0.814. The van der Waals surface area contributed by atoms with Crippen LogP contribution in [0.2, 0.25) is 0 Å². The van der Waals surface area contributed by atoms with Gasteiger partial charge in [0.25, 0.3) is 0 Å². The molecule has 0 unspecified atom stereocenters. The monoisotopic (exact) mass is 406 g/mol. The molecule has 1 saturated heterocycles. The lowest BCUT2D eigenvalue weighted by Gasteiger charge is -2.27. The van der Waals surface area contributed by atoms with Gasteiger partial charge in [-0.1, -0.05) is 12.1 Å². The van der Waals surface area contributed by atoms with Gasteiger partial charge in [0, 0.05) is 24.5 Å². The Bertz CT molecular complexity index is 886. The predicted octanol–water partition coefficient (Wildman–Crippen LogP) is 4.08. The number of likely N-dealkylation sites (tertiary alicyclic amines) is 1. The van der Waals surface area contributed by atoms with Crippen LogP contribution in [0.25, 0.3) is 0 Å². The number of carbonyl (C=O) groups is 1. The number of nitrogens with zero attached hydrogens (tertiary/aromatic N) is 1. The van der Waals surface area contributed by atoms with E-state index in [-0.39, 0.29) is 12.6 Å². The van der Waals surface area contributed by atoms with Gasteiger partial charge in [0.1, 0.15) is 5.25 Å². The topological polar surface area (TPSA) is 66.5 Å². The van der Waals surface area contributed by atoms with Crippen LogP contribution in [0.4, 0.5) is 4.79 Å². The zero-order chi connectivity index (χ0) is 19.4. The fourth-order valence-corrected chi connectivity index (χ4v) is 6.15. The summed E-state index contributed by atoms with van der Waals surface area (Å²) in [5, 5.41) is 3.94. The third kappa shape index (κ3) is 4.52. The van der Waals surface area contributed by atoms with Crippen molar-refractivity contribution in [2.45, 2.75) is 43.3 Å². The Morgan fingerprint density at radius 2 is 1.89 bits per heavy atom. The Morgan fingerprint density at radius 1 is 1.15 bits per heavy atom. The third-order valence-corrected chi connectivity index (χ3v) is 8.34. The molecule has 1 atom stereocenters. The fraction of sp³-hybridized carbons (Fsp3) is 0.450. The molecule has 1 N–H and O–H groups in total. The average molecular weight is 407 g/mol. The molecule has 0 radical (unpaired) electrons. The van der Waals surface area contributed by atoms with Crippen molar-refractivity contribution >= 4 is 27.2 Å². The molecule has 7 heteroatoms. The van der Waals surface area contributed by atoms with Crippen LogP contribution in [-0.2, 0) is 9.84 Å². The fourth-order valence-electron chi connectivity index (χ4n) is 3.28. The van der Waals surface area contributed by atoms with Crippen molar-refractivity contribution in [2.24, 2.45) is 0 Å². The van der Waals surface area contributed by atoms with E-state index in [1.54, 1.807) is 17.0 Å². The first-order chi connectivity index (χ1) is 12.9. The van der Waals surface area contributed by atoms with E-state index < -0.39 is 15.1 Å². The first kappa shape index (κ1) is 19.9. The molecule has 3 rings (SSSR count). The number of amides is 2. The Morgan fingerprint density at radius 3 is 2.52 bits per heavy atom. The number of benzene rings is 1. The number of hydrogen-bond donors (Lipinski definition) is 1. The molecule has 2 heterocycles. The van der Waals surface area contributed by atoms with Gasteiger partial charge in [0.15, 0.2) is 9.84 Å². The summed E-state index contributed by atoms with van der Waals surface area (Å²) in [6, 6.07) is 8.70. The van der Waals surface area contributed by atoms with Crippen LogP contribution in [0.5, 0.6) is 0 Å². The molecule has 1 aromatic carbocycles. The lowest BCUT2D eigenvalue weighted by atomic mass is 10.1. The van der Waals surface area contributed by atoms with E-state index >= 15 is 0 Å². The summed E-state index contributed by atoms with van der Waals surface area (Å²) < 4.78 is 26.6.